The van der Waals surface area contributed by atoms with Gasteiger partial charge in [0.05, 0.1) is 28.0 Å². The van der Waals surface area contributed by atoms with Crippen LogP contribution in [0.25, 0.3) is 0 Å². The fraction of sp³-hybridized carbons (Fsp3) is 0.0588. The average molecular weight is 391 g/mol. The lowest BCUT2D eigenvalue weighted by Crippen LogP contribution is -2.07. The van der Waals surface area contributed by atoms with Gasteiger partial charge >= 0.3 is 6.18 Å². The van der Waals surface area contributed by atoms with Crippen LogP contribution >= 0.6 is 11.6 Å². The van der Waals surface area contributed by atoms with Crippen molar-refractivity contribution in [3.8, 4) is 6.07 Å². The molecule has 0 unspecified atom stereocenters. The van der Waals surface area contributed by atoms with Crippen LogP contribution in [0.5, 0.6) is 0 Å². The van der Waals surface area contributed by atoms with Gasteiger partial charge in [-0.15, -0.1) is 5.10 Å². The third-order valence-electron chi connectivity index (χ3n) is 3.40. The molecule has 0 spiro atoms. The number of hydrogen-bond donors (Lipinski definition) is 2. The van der Waals surface area contributed by atoms with Crippen molar-refractivity contribution in [1.29, 1.82) is 5.26 Å². The Bertz CT molecular complexity index is 1020. The third kappa shape index (κ3) is 4.43. The van der Waals surface area contributed by atoms with Crippen LogP contribution in [0, 0.1) is 11.3 Å². The van der Waals surface area contributed by atoms with Crippen molar-refractivity contribution in [2.24, 2.45) is 0 Å². The minimum atomic E-state index is -4.59. The van der Waals surface area contributed by atoms with Crippen molar-refractivity contribution in [3.63, 3.8) is 0 Å². The summed E-state index contributed by atoms with van der Waals surface area (Å²) in [7, 11) is 0. The highest BCUT2D eigenvalue weighted by Crippen LogP contribution is 2.36. The molecule has 0 atom stereocenters. The van der Waals surface area contributed by atoms with Crippen LogP contribution in [0.4, 0.5) is 36.3 Å². The van der Waals surface area contributed by atoms with E-state index < -0.39 is 16.8 Å². The standard InChI is InChI=1S/C17H10ClF3N6/c18-13-6-5-11(7-12(13)17(19,20)21)24-16-26-15(9-23-27-16)25-14-4-2-1-3-10(14)8-22/h1-7,9H,(H2,24,25,26,27). The number of anilines is 4. The van der Waals surface area contributed by atoms with E-state index in [4.69, 9.17) is 16.9 Å². The van der Waals surface area contributed by atoms with Crippen LogP contribution in [-0.4, -0.2) is 15.2 Å². The highest BCUT2D eigenvalue weighted by Gasteiger charge is 2.33. The van der Waals surface area contributed by atoms with Crippen molar-refractivity contribution in [1.82, 2.24) is 15.2 Å². The number of para-hydroxylation sites is 1. The lowest BCUT2D eigenvalue weighted by Gasteiger charge is -2.12. The quantitative estimate of drug-likeness (QED) is 0.658. The summed E-state index contributed by atoms with van der Waals surface area (Å²) in [5, 5.41) is 21.8. The Morgan fingerprint density at radius 2 is 1.85 bits per heavy atom. The molecule has 3 rings (SSSR count). The maximum Gasteiger partial charge on any atom is 0.417 e. The topological polar surface area (TPSA) is 86.5 Å². The Balaban J connectivity index is 1.84. The molecule has 3 aromatic rings. The van der Waals surface area contributed by atoms with E-state index >= 15 is 0 Å². The first kappa shape index (κ1) is 18.4. The lowest BCUT2D eigenvalue weighted by molar-refractivity contribution is -0.137. The minimum absolute atomic E-state index is 0.0233. The van der Waals surface area contributed by atoms with Crippen molar-refractivity contribution in [3.05, 3.63) is 64.8 Å². The predicted octanol–water partition coefficient (Wildman–Crippen LogP) is 4.90. The van der Waals surface area contributed by atoms with Gasteiger partial charge in [-0.05, 0) is 30.3 Å². The molecular weight excluding hydrogens is 381 g/mol. The largest absolute Gasteiger partial charge is 0.417 e. The second-order valence-corrected chi connectivity index (χ2v) is 5.67. The molecule has 1 aromatic heterocycles. The van der Waals surface area contributed by atoms with E-state index in [0.29, 0.717) is 11.3 Å². The molecular formula is C17H10ClF3N6. The molecule has 0 amide bonds. The van der Waals surface area contributed by atoms with Gasteiger partial charge in [0.2, 0.25) is 5.95 Å². The lowest BCUT2D eigenvalue weighted by atomic mass is 10.2. The number of nitriles is 1. The number of aromatic nitrogens is 3. The number of nitrogens with one attached hydrogen (secondary N) is 2. The summed E-state index contributed by atoms with van der Waals surface area (Å²) in [5.74, 6) is 0.241. The van der Waals surface area contributed by atoms with Gasteiger partial charge < -0.3 is 10.6 Å². The van der Waals surface area contributed by atoms with Gasteiger partial charge in [-0.3, -0.25) is 0 Å². The molecule has 0 radical (unpaired) electrons. The van der Waals surface area contributed by atoms with Crippen molar-refractivity contribution >= 4 is 34.7 Å². The number of hydrogen-bond acceptors (Lipinski definition) is 6. The van der Waals surface area contributed by atoms with E-state index in [1.165, 1.54) is 12.3 Å². The van der Waals surface area contributed by atoms with E-state index in [1.54, 1.807) is 24.3 Å². The molecule has 1 heterocycles. The Hall–Kier alpha value is -3.38. The summed E-state index contributed by atoms with van der Waals surface area (Å²) in [5.41, 5.74) is 0.0397. The molecule has 0 aliphatic carbocycles. The van der Waals surface area contributed by atoms with Gasteiger partial charge in [0.25, 0.3) is 0 Å². The van der Waals surface area contributed by atoms with Crippen LogP contribution in [0.15, 0.2) is 48.7 Å². The SMILES string of the molecule is N#Cc1ccccc1Nc1cnnc(Nc2ccc(Cl)c(C(F)(F)F)c2)n1. The fourth-order valence-electron chi connectivity index (χ4n) is 2.19. The van der Waals surface area contributed by atoms with Crippen LogP contribution < -0.4 is 10.6 Å². The van der Waals surface area contributed by atoms with E-state index in [-0.39, 0.29) is 17.5 Å². The van der Waals surface area contributed by atoms with Gasteiger partial charge in [0, 0.05) is 5.69 Å². The van der Waals surface area contributed by atoms with Crippen LogP contribution in [0.1, 0.15) is 11.1 Å². The number of rotatable bonds is 4. The molecule has 0 aliphatic heterocycles. The summed E-state index contributed by atoms with van der Waals surface area (Å²) in [6.07, 6.45) is -3.26. The Kier molecular flexibility index (Phi) is 5.09. The van der Waals surface area contributed by atoms with Gasteiger partial charge in [0.15, 0.2) is 5.82 Å². The van der Waals surface area contributed by atoms with Crippen molar-refractivity contribution in [2.75, 3.05) is 10.6 Å². The number of alkyl halides is 3. The van der Waals surface area contributed by atoms with Crippen LogP contribution in [0.2, 0.25) is 5.02 Å². The zero-order valence-corrected chi connectivity index (χ0v) is 14.2. The predicted molar refractivity (Wildman–Crippen MR) is 94.0 cm³/mol. The molecule has 0 bridgehead atoms. The Labute approximate surface area is 156 Å². The molecule has 6 nitrogen and oxygen atoms in total. The van der Waals surface area contributed by atoms with Crippen molar-refractivity contribution in [2.45, 2.75) is 6.18 Å². The second kappa shape index (κ2) is 7.47. The molecule has 0 saturated heterocycles. The molecule has 27 heavy (non-hydrogen) atoms. The first-order valence-corrected chi connectivity index (χ1v) is 7.84. The summed E-state index contributed by atoms with van der Waals surface area (Å²) in [6.45, 7) is 0. The van der Waals surface area contributed by atoms with Gasteiger partial charge in [0.1, 0.15) is 6.07 Å². The smallest absolute Gasteiger partial charge is 0.338 e. The van der Waals surface area contributed by atoms with E-state index in [9.17, 15) is 13.2 Å². The van der Waals surface area contributed by atoms with E-state index in [0.717, 1.165) is 12.1 Å². The fourth-order valence-corrected chi connectivity index (χ4v) is 2.42. The number of nitrogens with zero attached hydrogens (tertiary/aromatic N) is 4. The van der Waals surface area contributed by atoms with Gasteiger partial charge in [-0.25, -0.2) is 0 Å². The maximum atomic E-state index is 13.0. The molecule has 0 fully saturated rings. The summed E-state index contributed by atoms with van der Waals surface area (Å²) in [6, 6.07) is 12.2. The minimum Gasteiger partial charge on any atom is -0.338 e. The van der Waals surface area contributed by atoms with Gasteiger partial charge in [-0.1, -0.05) is 23.7 Å². The Morgan fingerprint density at radius 1 is 1.07 bits per heavy atom. The molecule has 10 heteroatoms. The first-order chi connectivity index (χ1) is 12.9. The number of benzene rings is 2. The highest BCUT2D eigenvalue weighted by atomic mass is 35.5. The Morgan fingerprint density at radius 3 is 2.59 bits per heavy atom. The van der Waals surface area contributed by atoms with Crippen molar-refractivity contribution < 1.29 is 13.2 Å². The van der Waals surface area contributed by atoms with E-state index in [2.05, 4.69) is 25.8 Å². The summed E-state index contributed by atoms with van der Waals surface area (Å²) >= 11 is 5.60. The number of halogens is 4. The molecule has 0 saturated carbocycles. The molecule has 136 valence electrons. The summed E-state index contributed by atoms with van der Waals surface area (Å²) in [4.78, 5) is 4.13. The molecule has 2 aromatic carbocycles. The first-order valence-electron chi connectivity index (χ1n) is 7.46. The molecule has 0 aliphatic rings. The zero-order chi connectivity index (χ0) is 19.4. The normalized spacial score (nSPS) is 10.9. The zero-order valence-electron chi connectivity index (χ0n) is 13.4. The highest BCUT2D eigenvalue weighted by molar-refractivity contribution is 6.31. The van der Waals surface area contributed by atoms with Gasteiger partial charge in [-0.2, -0.15) is 28.5 Å². The van der Waals surface area contributed by atoms with E-state index in [1.807, 2.05) is 6.07 Å². The van der Waals surface area contributed by atoms with Crippen LogP contribution in [0.3, 0.4) is 0 Å². The average Bonchev–Trinajstić information content (AvgIpc) is 2.63. The third-order valence-corrected chi connectivity index (χ3v) is 3.73. The monoisotopic (exact) mass is 390 g/mol. The summed E-state index contributed by atoms with van der Waals surface area (Å²) < 4.78 is 38.9. The molecule has 2 N–H and O–H groups in total. The maximum absolute atomic E-state index is 13.0. The second-order valence-electron chi connectivity index (χ2n) is 5.26. The van der Waals surface area contributed by atoms with Crippen LogP contribution in [-0.2, 0) is 6.18 Å².